The maximum atomic E-state index is 10.7. The van der Waals surface area contributed by atoms with Crippen molar-refractivity contribution >= 4 is 5.97 Å². The SMILES string of the molecule is CC(C)(C)NC(CC(=O)O)c1ccco1. The summed E-state index contributed by atoms with van der Waals surface area (Å²) in [6, 6.07) is 3.26. The van der Waals surface area contributed by atoms with Crippen LogP contribution < -0.4 is 5.32 Å². The van der Waals surface area contributed by atoms with Crippen LogP contribution in [0.15, 0.2) is 22.8 Å². The highest BCUT2D eigenvalue weighted by molar-refractivity contribution is 5.67. The van der Waals surface area contributed by atoms with E-state index in [-0.39, 0.29) is 18.0 Å². The molecule has 4 heteroatoms. The van der Waals surface area contributed by atoms with E-state index in [1.54, 1.807) is 18.4 Å². The number of hydrogen-bond acceptors (Lipinski definition) is 3. The van der Waals surface area contributed by atoms with Crippen molar-refractivity contribution in [3.63, 3.8) is 0 Å². The van der Waals surface area contributed by atoms with Crippen molar-refractivity contribution in [1.29, 1.82) is 0 Å². The van der Waals surface area contributed by atoms with Gasteiger partial charge in [-0.05, 0) is 32.9 Å². The summed E-state index contributed by atoms with van der Waals surface area (Å²) in [5.41, 5.74) is -0.146. The number of hydrogen-bond donors (Lipinski definition) is 2. The molecule has 2 N–H and O–H groups in total. The second-order valence-corrected chi connectivity index (χ2v) is 4.56. The Morgan fingerprint density at radius 1 is 1.60 bits per heavy atom. The van der Waals surface area contributed by atoms with Crippen LogP contribution in [0.1, 0.15) is 39.0 Å². The summed E-state index contributed by atoms with van der Waals surface area (Å²) in [7, 11) is 0. The molecule has 0 fully saturated rings. The smallest absolute Gasteiger partial charge is 0.305 e. The largest absolute Gasteiger partial charge is 0.481 e. The second-order valence-electron chi connectivity index (χ2n) is 4.56. The molecule has 84 valence electrons. The van der Waals surface area contributed by atoms with Gasteiger partial charge < -0.3 is 14.8 Å². The molecule has 0 amide bonds. The quantitative estimate of drug-likeness (QED) is 0.801. The lowest BCUT2D eigenvalue weighted by atomic mass is 10.0. The molecule has 1 aromatic heterocycles. The fraction of sp³-hybridized carbons (Fsp3) is 0.545. The van der Waals surface area contributed by atoms with Gasteiger partial charge in [0, 0.05) is 5.54 Å². The van der Waals surface area contributed by atoms with Gasteiger partial charge in [-0.15, -0.1) is 0 Å². The minimum Gasteiger partial charge on any atom is -0.481 e. The van der Waals surface area contributed by atoms with E-state index in [9.17, 15) is 4.79 Å². The number of carbonyl (C=O) groups is 1. The van der Waals surface area contributed by atoms with Gasteiger partial charge in [-0.2, -0.15) is 0 Å². The summed E-state index contributed by atoms with van der Waals surface area (Å²) >= 11 is 0. The zero-order valence-corrected chi connectivity index (χ0v) is 9.28. The van der Waals surface area contributed by atoms with Crippen LogP contribution in [0.3, 0.4) is 0 Å². The van der Waals surface area contributed by atoms with Gasteiger partial charge in [0.05, 0.1) is 18.7 Å². The average molecular weight is 211 g/mol. The van der Waals surface area contributed by atoms with Gasteiger partial charge in [-0.1, -0.05) is 0 Å². The molecule has 1 unspecified atom stereocenters. The Morgan fingerprint density at radius 2 is 2.27 bits per heavy atom. The summed E-state index contributed by atoms with van der Waals surface area (Å²) in [5, 5.41) is 12.0. The lowest BCUT2D eigenvalue weighted by Gasteiger charge is -2.26. The molecule has 15 heavy (non-hydrogen) atoms. The minimum absolute atomic E-state index is 0.0186. The highest BCUT2D eigenvalue weighted by Crippen LogP contribution is 2.20. The number of carboxylic acids is 1. The molecule has 0 saturated carbocycles. The predicted octanol–water partition coefficient (Wildman–Crippen LogP) is 2.18. The normalized spacial score (nSPS) is 13.8. The molecule has 0 radical (unpaired) electrons. The fourth-order valence-corrected chi connectivity index (χ4v) is 1.41. The summed E-state index contributed by atoms with van der Waals surface area (Å²) in [6.45, 7) is 5.97. The number of rotatable bonds is 4. The first-order valence-electron chi connectivity index (χ1n) is 4.91. The van der Waals surface area contributed by atoms with Gasteiger partial charge in [0.15, 0.2) is 0 Å². The lowest BCUT2D eigenvalue weighted by Crippen LogP contribution is -2.39. The maximum absolute atomic E-state index is 10.7. The van der Waals surface area contributed by atoms with Crippen LogP contribution in [0.25, 0.3) is 0 Å². The molecular weight excluding hydrogens is 194 g/mol. The molecule has 0 aliphatic carbocycles. The van der Waals surface area contributed by atoms with E-state index in [0.29, 0.717) is 5.76 Å². The number of furan rings is 1. The van der Waals surface area contributed by atoms with Crippen molar-refractivity contribution in [3.8, 4) is 0 Å². The van der Waals surface area contributed by atoms with E-state index in [1.165, 1.54) is 0 Å². The number of nitrogens with one attached hydrogen (secondary N) is 1. The van der Waals surface area contributed by atoms with Crippen LogP contribution in [-0.2, 0) is 4.79 Å². The maximum Gasteiger partial charge on any atom is 0.305 e. The summed E-state index contributed by atoms with van der Waals surface area (Å²) in [4.78, 5) is 10.7. The molecule has 0 bridgehead atoms. The number of aliphatic carboxylic acids is 1. The Morgan fingerprint density at radius 3 is 2.67 bits per heavy atom. The molecule has 4 nitrogen and oxygen atoms in total. The fourth-order valence-electron chi connectivity index (χ4n) is 1.41. The molecule has 1 aromatic rings. The van der Waals surface area contributed by atoms with E-state index in [4.69, 9.17) is 9.52 Å². The van der Waals surface area contributed by atoms with E-state index >= 15 is 0 Å². The Labute approximate surface area is 89.3 Å². The van der Waals surface area contributed by atoms with Gasteiger partial charge in [0.1, 0.15) is 5.76 Å². The number of carboxylic acid groups (broad SMARTS) is 1. The molecule has 0 aliphatic rings. The Kier molecular flexibility index (Phi) is 3.52. The van der Waals surface area contributed by atoms with Gasteiger partial charge in [-0.3, -0.25) is 4.79 Å². The van der Waals surface area contributed by atoms with Crippen molar-refractivity contribution in [2.24, 2.45) is 0 Å². The Bertz CT molecular complexity index is 311. The third kappa shape index (κ3) is 4.16. The first kappa shape index (κ1) is 11.8. The topological polar surface area (TPSA) is 62.5 Å². The van der Waals surface area contributed by atoms with Crippen molar-refractivity contribution in [2.45, 2.75) is 38.8 Å². The lowest BCUT2D eigenvalue weighted by molar-refractivity contribution is -0.137. The second kappa shape index (κ2) is 4.49. The van der Waals surface area contributed by atoms with Crippen molar-refractivity contribution < 1.29 is 14.3 Å². The van der Waals surface area contributed by atoms with Gasteiger partial charge in [-0.25, -0.2) is 0 Å². The van der Waals surface area contributed by atoms with Gasteiger partial charge >= 0.3 is 5.97 Å². The predicted molar refractivity (Wildman–Crippen MR) is 56.6 cm³/mol. The van der Waals surface area contributed by atoms with Crippen LogP contribution >= 0.6 is 0 Å². The average Bonchev–Trinajstić information content (AvgIpc) is 2.50. The molecule has 0 saturated heterocycles. The standard InChI is InChI=1S/C11H17NO3/c1-11(2,3)12-8(7-10(13)14)9-5-4-6-15-9/h4-6,8,12H,7H2,1-3H3,(H,13,14). The van der Waals surface area contributed by atoms with Crippen molar-refractivity contribution in [2.75, 3.05) is 0 Å². The molecule has 1 heterocycles. The van der Waals surface area contributed by atoms with Crippen molar-refractivity contribution in [3.05, 3.63) is 24.2 Å². The molecule has 0 spiro atoms. The highest BCUT2D eigenvalue weighted by atomic mass is 16.4. The zero-order chi connectivity index (χ0) is 11.5. The summed E-state index contributed by atoms with van der Waals surface area (Å²) < 4.78 is 5.22. The molecule has 0 aromatic carbocycles. The highest BCUT2D eigenvalue weighted by Gasteiger charge is 2.23. The summed E-state index contributed by atoms with van der Waals surface area (Å²) in [5.74, 6) is -0.180. The molecule has 0 aliphatic heterocycles. The monoisotopic (exact) mass is 211 g/mol. The van der Waals surface area contributed by atoms with Crippen molar-refractivity contribution in [1.82, 2.24) is 5.32 Å². The molecule has 1 rings (SSSR count). The van der Waals surface area contributed by atoms with Crippen LogP contribution in [0.4, 0.5) is 0 Å². The molecular formula is C11H17NO3. The summed E-state index contributed by atoms with van der Waals surface area (Å²) in [6.07, 6.45) is 1.57. The third-order valence-corrected chi connectivity index (χ3v) is 1.87. The van der Waals surface area contributed by atoms with E-state index in [1.807, 2.05) is 20.8 Å². The Balaban J connectivity index is 2.75. The zero-order valence-electron chi connectivity index (χ0n) is 9.28. The first-order chi connectivity index (χ1) is 6.88. The van der Waals surface area contributed by atoms with Gasteiger partial charge in [0.2, 0.25) is 0 Å². The van der Waals surface area contributed by atoms with Crippen LogP contribution in [0.2, 0.25) is 0 Å². The van der Waals surface area contributed by atoms with Crippen LogP contribution in [-0.4, -0.2) is 16.6 Å². The minimum atomic E-state index is -0.840. The third-order valence-electron chi connectivity index (χ3n) is 1.87. The first-order valence-corrected chi connectivity index (χ1v) is 4.91. The van der Waals surface area contributed by atoms with Crippen LogP contribution in [0.5, 0.6) is 0 Å². The van der Waals surface area contributed by atoms with E-state index < -0.39 is 5.97 Å². The van der Waals surface area contributed by atoms with Gasteiger partial charge in [0.25, 0.3) is 0 Å². The molecule has 1 atom stereocenters. The van der Waals surface area contributed by atoms with Crippen LogP contribution in [0, 0.1) is 0 Å². The Hall–Kier alpha value is -1.29. The van der Waals surface area contributed by atoms with E-state index in [0.717, 1.165) is 0 Å². The van der Waals surface area contributed by atoms with E-state index in [2.05, 4.69) is 5.32 Å².